The second-order valence-electron chi connectivity index (χ2n) is 3.76. The van der Waals surface area contributed by atoms with Gasteiger partial charge in [-0.15, -0.1) is 0 Å². The maximum atomic E-state index is 10.5. The van der Waals surface area contributed by atoms with Crippen LogP contribution in [0.3, 0.4) is 0 Å². The van der Waals surface area contributed by atoms with E-state index in [0.717, 1.165) is 12.4 Å². The maximum absolute atomic E-state index is 10.5. The number of hydrogen-bond donors (Lipinski definition) is 3. The van der Waals surface area contributed by atoms with Crippen LogP contribution in [0.1, 0.15) is 6.92 Å². The third-order valence-corrected chi connectivity index (χ3v) is 2.37. The molecule has 0 aromatic carbocycles. The van der Waals surface area contributed by atoms with Crippen molar-refractivity contribution in [3.63, 3.8) is 0 Å². The summed E-state index contributed by atoms with van der Waals surface area (Å²) in [5, 5.41) is 6.19. The van der Waals surface area contributed by atoms with Gasteiger partial charge in [0.25, 0.3) is 0 Å². The van der Waals surface area contributed by atoms with Gasteiger partial charge in [-0.2, -0.15) is 0 Å². The summed E-state index contributed by atoms with van der Waals surface area (Å²) >= 11 is 0. The Kier molecular flexibility index (Phi) is 4.01. The zero-order valence-corrected chi connectivity index (χ0v) is 10.6. The van der Waals surface area contributed by atoms with Gasteiger partial charge in [-0.05, 0) is 6.92 Å². The first-order valence-electron chi connectivity index (χ1n) is 5.94. The Labute approximate surface area is 110 Å². The predicted molar refractivity (Wildman–Crippen MR) is 71.2 cm³/mol. The lowest BCUT2D eigenvalue weighted by molar-refractivity contribution is 0.161. The van der Waals surface area contributed by atoms with Crippen molar-refractivity contribution < 1.29 is 9.53 Å². The maximum Gasteiger partial charge on any atom is 0.404 e. The zero-order valence-electron chi connectivity index (χ0n) is 10.6. The molecular formula is C11H16N6O2. The summed E-state index contributed by atoms with van der Waals surface area (Å²) < 4.78 is 6.50. The van der Waals surface area contributed by atoms with Gasteiger partial charge < -0.3 is 25.5 Å². The highest BCUT2D eigenvalue weighted by Gasteiger charge is 2.06. The molecule has 2 rings (SSSR count). The Morgan fingerprint density at radius 2 is 2.37 bits per heavy atom. The lowest BCUT2D eigenvalue weighted by Crippen LogP contribution is -2.19. The Balaban J connectivity index is 2.11. The molecule has 0 radical (unpaired) electrons. The smallest absolute Gasteiger partial charge is 0.404 e. The Morgan fingerprint density at radius 1 is 1.53 bits per heavy atom. The molecule has 2 heterocycles. The summed E-state index contributed by atoms with van der Waals surface area (Å²) in [6.45, 7) is 3.36. The summed E-state index contributed by atoms with van der Waals surface area (Å²) in [4.78, 5) is 19.1. The zero-order chi connectivity index (χ0) is 13.7. The van der Waals surface area contributed by atoms with Gasteiger partial charge in [0.05, 0.1) is 12.7 Å². The van der Waals surface area contributed by atoms with Crippen LogP contribution in [0.2, 0.25) is 0 Å². The van der Waals surface area contributed by atoms with E-state index in [1.165, 1.54) is 0 Å². The summed E-state index contributed by atoms with van der Waals surface area (Å²) in [5.41, 5.74) is 5.59. The second kappa shape index (κ2) is 5.89. The van der Waals surface area contributed by atoms with Gasteiger partial charge in [0.1, 0.15) is 12.4 Å². The van der Waals surface area contributed by atoms with Crippen LogP contribution < -0.4 is 16.4 Å². The molecule has 0 fully saturated rings. The van der Waals surface area contributed by atoms with Crippen LogP contribution in [-0.4, -0.2) is 40.2 Å². The minimum absolute atomic E-state index is 0.176. The SMILES string of the molecule is CCNc1cn2ccnc2c(NCCOC(N)=O)n1. The van der Waals surface area contributed by atoms with Crippen molar-refractivity contribution in [1.82, 2.24) is 14.4 Å². The number of rotatable bonds is 6. The molecule has 0 atom stereocenters. The van der Waals surface area contributed by atoms with Crippen molar-refractivity contribution in [2.45, 2.75) is 6.92 Å². The van der Waals surface area contributed by atoms with Gasteiger partial charge in [0.15, 0.2) is 11.5 Å². The number of nitrogens with one attached hydrogen (secondary N) is 2. The summed E-state index contributed by atoms with van der Waals surface area (Å²) in [6, 6.07) is 0. The van der Waals surface area contributed by atoms with E-state index in [4.69, 9.17) is 5.73 Å². The van der Waals surface area contributed by atoms with Crippen molar-refractivity contribution in [3.05, 3.63) is 18.6 Å². The van der Waals surface area contributed by atoms with Crippen molar-refractivity contribution in [2.75, 3.05) is 30.3 Å². The normalized spacial score (nSPS) is 10.4. The monoisotopic (exact) mass is 264 g/mol. The fourth-order valence-corrected chi connectivity index (χ4v) is 1.64. The average Bonchev–Trinajstić information content (AvgIpc) is 2.83. The number of carbonyl (C=O) groups excluding carboxylic acids is 1. The molecule has 0 saturated carbocycles. The minimum Gasteiger partial charge on any atom is -0.448 e. The molecule has 8 heteroatoms. The highest BCUT2D eigenvalue weighted by molar-refractivity contribution is 5.66. The summed E-state index contributed by atoms with van der Waals surface area (Å²) in [5.74, 6) is 1.36. The van der Waals surface area contributed by atoms with Crippen molar-refractivity contribution in [2.24, 2.45) is 5.73 Å². The molecule has 2 aromatic rings. The number of anilines is 2. The number of nitrogens with zero attached hydrogens (tertiary/aromatic N) is 3. The number of carbonyl (C=O) groups is 1. The molecule has 19 heavy (non-hydrogen) atoms. The lowest BCUT2D eigenvalue weighted by Gasteiger charge is -2.10. The van der Waals surface area contributed by atoms with Crippen molar-refractivity contribution in [3.8, 4) is 0 Å². The quantitative estimate of drug-likeness (QED) is 0.662. The number of ether oxygens (including phenoxy) is 1. The van der Waals surface area contributed by atoms with Crippen LogP contribution >= 0.6 is 0 Å². The van der Waals surface area contributed by atoms with Crippen LogP contribution in [-0.2, 0) is 4.74 Å². The van der Waals surface area contributed by atoms with Crippen molar-refractivity contribution >= 4 is 23.4 Å². The van der Waals surface area contributed by atoms with Crippen molar-refractivity contribution in [1.29, 1.82) is 0 Å². The van der Waals surface area contributed by atoms with Gasteiger partial charge in [-0.1, -0.05) is 0 Å². The molecule has 0 aliphatic rings. The highest BCUT2D eigenvalue weighted by Crippen LogP contribution is 2.15. The minimum atomic E-state index is -0.790. The number of aromatic nitrogens is 3. The highest BCUT2D eigenvalue weighted by atomic mass is 16.5. The second-order valence-corrected chi connectivity index (χ2v) is 3.76. The topological polar surface area (TPSA) is 107 Å². The molecular weight excluding hydrogens is 248 g/mol. The van der Waals surface area contributed by atoms with Crippen LogP contribution in [0.25, 0.3) is 5.65 Å². The van der Waals surface area contributed by atoms with E-state index in [9.17, 15) is 4.79 Å². The van der Waals surface area contributed by atoms with Crippen LogP contribution in [0, 0.1) is 0 Å². The largest absolute Gasteiger partial charge is 0.448 e. The molecule has 0 spiro atoms. The molecule has 0 aliphatic carbocycles. The molecule has 4 N–H and O–H groups in total. The fraction of sp³-hybridized carbons (Fsp3) is 0.364. The van der Waals surface area contributed by atoms with E-state index in [2.05, 4.69) is 25.3 Å². The van der Waals surface area contributed by atoms with Gasteiger partial charge in [-0.25, -0.2) is 14.8 Å². The molecule has 0 saturated heterocycles. The first kappa shape index (κ1) is 12.9. The Hall–Kier alpha value is -2.51. The number of nitrogens with two attached hydrogens (primary N) is 1. The van der Waals surface area contributed by atoms with E-state index >= 15 is 0 Å². The molecule has 1 amide bonds. The van der Waals surface area contributed by atoms with Crippen LogP contribution in [0.15, 0.2) is 18.6 Å². The van der Waals surface area contributed by atoms with E-state index < -0.39 is 6.09 Å². The van der Waals surface area contributed by atoms with Crippen LogP contribution in [0.5, 0.6) is 0 Å². The first-order valence-corrected chi connectivity index (χ1v) is 5.94. The number of primary amides is 1. The van der Waals surface area contributed by atoms with Gasteiger partial charge in [0.2, 0.25) is 0 Å². The molecule has 102 valence electrons. The van der Waals surface area contributed by atoms with E-state index in [-0.39, 0.29) is 6.61 Å². The molecule has 8 nitrogen and oxygen atoms in total. The van der Waals surface area contributed by atoms with E-state index in [1.54, 1.807) is 6.20 Å². The predicted octanol–water partition coefficient (Wildman–Crippen LogP) is 0.668. The van der Waals surface area contributed by atoms with Gasteiger partial charge in [-0.3, -0.25) is 0 Å². The van der Waals surface area contributed by atoms with E-state index in [1.807, 2.05) is 23.7 Å². The summed E-state index contributed by atoms with van der Waals surface area (Å²) in [6.07, 6.45) is 4.60. The fourth-order valence-electron chi connectivity index (χ4n) is 1.64. The number of amides is 1. The molecule has 0 aliphatic heterocycles. The number of imidazole rings is 1. The molecule has 0 bridgehead atoms. The average molecular weight is 264 g/mol. The number of fused-ring (bicyclic) bond motifs is 1. The van der Waals surface area contributed by atoms with Gasteiger partial charge in [0, 0.05) is 18.9 Å². The van der Waals surface area contributed by atoms with E-state index in [0.29, 0.717) is 18.0 Å². The Bertz CT molecular complexity index is 567. The van der Waals surface area contributed by atoms with Gasteiger partial charge >= 0.3 is 6.09 Å². The molecule has 0 unspecified atom stereocenters. The third-order valence-electron chi connectivity index (χ3n) is 2.37. The summed E-state index contributed by atoms with van der Waals surface area (Å²) in [7, 11) is 0. The standard InChI is InChI=1S/C11H16N6O2/c1-2-13-8-7-17-5-3-15-10(17)9(16-8)14-4-6-19-11(12)18/h3,5,7,13H,2,4,6H2,1H3,(H2,12,18)(H,14,16). The Morgan fingerprint density at radius 3 is 3.11 bits per heavy atom. The molecule has 2 aromatic heterocycles. The lowest BCUT2D eigenvalue weighted by atomic mass is 10.5. The first-order chi connectivity index (χ1) is 9.20. The van der Waals surface area contributed by atoms with Crippen LogP contribution in [0.4, 0.5) is 16.4 Å². The number of hydrogen-bond acceptors (Lipinski definition) is 6. The third kappa shape index (κ3) is 3.24.